The first kappa shape index (κ1) is 16.7. The van der Waals surface area contributed by atoms with E-state index in [0.717, 1.165) is 0 Å². The fourth-order valence-electron chi connectivity index (χ4n) is 2.40. The number of hydrogen-bond acceptors (Lipinski definition) is 5. The molecule has 0 bridgehead atoms. The van der Waals surface area contributed by atoms with E-state index in [9.17, 15) is 13.2 Å². The Kier molecular flexibility index (Phi) is 4.75. The van der Waals surface area contributed by atoms with Gasteiger partial charge in [0.2, 0.25) is 0 Å². The molecule has 6 nitrogen and oxygen atoms in total. The van der Waals surface area contributed by atoms with Crippen molar-refractivity contribution in [2.45, 2.75) is 49.4 Å². The number of hydrogen-bond donors (Lipinski definition) is 0. The van der Waals surface area contributed by atoms with E-state index in [1.54, 1.807) is 20.8 Å². The first-order valence-electron chi connectivity index (χ1n) is 7.32. The van der Waals surface area contributed by atoms with Crippen LogP contribution < -0.4 is 0 Å². The Morgan fingerprint density at radius 3 is 2.55 bits per heavy atom. The summed E-state index contributed by atoms with van der Waals surface area (Å²) in [6, 6.07) is 2.98. The molecule has 0 spiro atoms. The molecule has 1 aromatic rings. The summed E-state index contributed by atoms with van der Waals surface area (Å²) in [5.41, 5.74) is -0.589. The van der Waals surface area contributed by atoms with Gasteiger partial charge in [-0.3, -0.25) is 4.98 Å². The molecule has 1 amide bonds. The predicted octanol–water partition coefficient (Wildman–Crippen LogP) is 2.25. The summed E-state index contributed by atoms with van der Waals surface area (Å²) in [6.07, 6.45) is 3.66. The molecule has 2 heterocycles. The number of pyridine rings is 1. The van der Waals surface area contributed by atoms with E-state index in [2.05, 4.69) is 4.98 Å². The minimum Gasteiger partial charge on any atom is -0.444 e. The van der Waals surface area contributed by atoms with Crippen molar-refractivity contribution in [3.05, 3.63) is 24.5 Å². The molecule has 1 fully saturated rings. The van der Waals surface area contributed by atoms with Crippen LogP contribution >= 0.6 is 0 Å². The third-order valence-corrected chi connectivity index (χ3v) is 5.64. The minimum absolute atomic E-state index is 0.166. The molecule has 0 saturated carbocycles. The van der Waals surface area contributed by atoms with E-state index >= 15 is 0 Å². The van der Waals surface area contributed by atoms with Gasteiger partial charge in [-0.2, -0.15) is 0 Å². The highest BCUT2D eigenvalue weighted by atomic mass is 32.2. The third kappa shape index (κ3) is 3.97. The lowest BCUT2D eigenvalue weighted by Crippen LogP contribution is -2.47. The van der Waals surface area contributed by atoms with Gasteiger partial charge in [-0.05, 0) is 45.7 Å². The average Bonchev–Trinajstić information content (AvgIpc) is 2.46. The lowest BCUT2D eigenvalue weighted by molar-refractivity contribution is 0.0219. The van der Waals surface area contributed by atoms with E-state index in [0.29, 0.717) is 19.4 Å². The molecular weight excluding hydrogens is 304 g/mol. The number of sulfone groups is 1. The fourth-order valence-corrected chi connectivity index (χ4v) is 4.14. The summed E-state index contributed by atoms with van der Waals surface area (Å²) in [4.78, 5) is 17.7. The number of likely N-dealkylation sites (tertiary alicyclic amines) is 1. The zero-order valence-corrected chi connectivity index (χ0v) is 14.0. The summed E-state index contributed by atoms with van der Waals surface area (Å²) in [6.45, 7) is 6.07. The van der Waals surface area contributed by atoms with Gasteiger partial charge < -0.3 is 9.64 Å². The maximum Gasteiger partial charge on any atom is 0.410 e. The Morgan fingerprint density at radius 2 is 1.95 bits per heavy atom. The quantitative estimate of drug-likeness (QED) is 0.833. The largest absolute Gasteiger partial charge is 0.444 e. The first-order chi connectivity index (χ1) is 10.2. The van der Waals surface area contributed by atoms with Gasteiger partial charge in [0.15, 0.2) is 9.84 Å². The Balaban J connectivity index is 2.12. The van der Waals surface area contributed by atoms with Crippen LogP contribution in [-0.4, -0.2) is 48.3 Å². The van der Waals surface area contributed by atoms with Crippen molar-refractivity contribution in [2.24, 2.45) is 0 Å². The predicted molar refractivity (Wildman–Crippen MR) is 82.3 cm³/mol. The first-order valence-corrected chi connectivity index (χ1v) is 8.86. The second-order valence-electron chi connectivity index (χ2n) is 6.42. The van der Waals surface area contributed by atoms with E-state index in [4.69, 9.17) is 4.74 Å². The molecule has 1 aliphatic rings. The number of piperidine rings is 1. The standard InChI is InChI=1S/C15H22N2O4S/c1-15(2,3)21-14(18)17-10-4-5-13(11-17)22(19,20)12-6-8-16-9-7-12/h6-9,13H,4-5,10-11H2,1-3H3. The molecule has 0 N–H and O–H groups in total. The van der Waals surface area contributed by atoms with Gasteiger partial charge in [-0.15, -0.1) is 0 Å². The highest BCUT2D eigenvalue weighted by Crippen LogP contribution is 2.24. The van der Waals surface area contributed by atoms with Crippen molar-refractivity contribution in [3.63, 3.8) is 0 Å². The monoisotopic (exact) mass is 326 g/mol. The normalized spacial score (nSPS) is 19.8. The summed E-state index contributed by atoms with van der Waals surface area (Å²) < 4.78 is 30.6. The van der Waals surface area contributed by atoms with Gasteiger partial charge in [-0.25, -0.2) is 13.2 Å². The van der Waals surface area contributed by atoms with E-state index in [-0.39, 0.29) is 11.4 Å². The van der Waals surface area contributed by atoms with Gasteiger partial charge in [0, 0.05) is 25.5 Å². The van der Waals surface area contributed by atoms with Crippen molar-refractivity contribution in [1.82, 2.24) is 9.88 Å². The van der Waals surface area contributed by atoms with Crippen LogP contribution in [0.1, 0.15) is 33.6 Å². The van der Waals surface area contributed by atoms with Crippen LogP contribution in [0.3, 0.4) is 0 Å². The van der Waals surface area contributed by atoms with Crippen LogP contribution in [0.2, 0.25) is 0 Å². The van der Waals surface area contributed by atoms with Gasteiger partial charge in [0.1, 0.15) is 5.60 Å². The molecule has 7 heteroatoms. The van der Waals surface area contributed by atoms with Crippen LogP contribution in [0.4, 0.5) is 4.79 Å². The minimum atomic E-state index is -3.46. The molecular formula is C15H22N2O4S. The zero-order valence-electron chi connectivity index (χ0n) is 13.2. The van der Waals surface area contributed by atoms with Crippen LogP contribution in [0, 0.1) is 0 Å². The van der Waals surface area contributed by atoms with Crippen molar-refractivity contribution < 1.29 is 17.9 Å². The average molecular weight is 326 g/mol. The number of nitrogens with zero attached hydrogens (tertiary/aromatic N) is 2. The van der Waals surface area contributed by atoms with E-state index in [1.807, 2.05) is 0 Å². The Morgan fingerprint density at radius 1 is 1.32 bits per heavy atom. The van der Waals surface area contributed by atoms with Gasteiger partial charge in [0.25, 0.3) is 0 Å². The van der Waals surface area contributed by atoms with Gasteiger partial charge in [-0.1, -0.05) is 0 Å². The topological polar surface area (TPSA) is 76.6 Å². The highest BCUT2D eigenvalue weighted by Gasteiger charge is 2.35. The number of ether oxygens (including phenoxy) is 1. The van der Waals surface area contributed by atoms with E-state index in [1.165, 1.54) is 29.4 Å². The molecule has 0 aromatic carbocycles. The SMILES string of the molecule is CC(C)(C)OC(=O)N1CCCC(S(=O)(=O)c2ccncc2)C1. The maximum absolute atomic E-state index is 12.6. The van der Waals surface area contributed by atoms with Crippen LogP contribution in [-0.2, 0) is 14.6 Å². The van der Waals surface area contributed by atoms with Crippen LogP contribution in [0.15, 0.2) is 29.4 Å². The zero-order chi connectivity index (χ0) is 16.4. The van der Waals surface area contributed by atoms with Crippen molar-refractivity contribution in [2.75, 3.05) is 13.1 Å². The maximum atomic E-state index is 12.6. The molecule has 22 heavy (non-hydrogen) atoms. The number of amides is 1. The van der Waals surface area contributed by atoms with Crippen LogP contribution in [0.5, 0.6) is 0 Å². The Bertz CT molecular complexity index is 623. The lowest BCUT2D eigenvalue weighted by atomic mass is 10.1. The third-order valence-electron chi connectivity index (χ3n) is 3.45. The molecule has 1 unspecified atom stereocenters. The molecule has 122 valence electrons. The molecule has 0 radical (unpaired) electrons. The molecule has 1 atom stereocenters. The number of rotatable bonds is 2. The molecule has 1 aliphatic heterocycles. The number of carbonyl (C=O) groups excluding carboxylic acids is 1. The van der Waals surface area contributed by atoms with Crippen molar-refractivity contribution >= 4 is 15.9 Å². The summed E-state index contributed by atoms with van der Waals surface area (Å²) in [7, 11) is -3.46. The summed E-state index contributed by atoms with van der Waals surface area (Å²) in [5.74, 6) is 0. The smallest absolute Gasteiger partial charge is 0.410 e. The van der Waals surface area contributed by atoms with Gasteiger partial charge >= 0.3 is 6.09 Å². The number of aromatic nitrogens is 1. The molecule has 0 aliphatic carbocycles. The lowest BCUT2D eigenvalue weighted by Gasteiger charge is -2.33. The van der Waals surface area contributed by atoms with Crippen LogP contribution in [0.25, 0.3) is 0 Å². The second kappa shape index (κ2) is 6.24. The molecule has 2 rings (SSSR count). The highest BCUT2D eigenvalue weighted by molar-refractivity contribution is 7.92. The summed E-state index contributed by atoms with van der Waals surface area (Å²) in [5, 5.41) is -0.601. The summed E-state index contributed by atoms with van der Waals surface area (Å²) >= 11 is 0. The fraction of sp³-hybridized carbons (Fsp3) is 0.600. The molecule has 1 saturated heterocycles. The van der Waals surface area contributed by atoms with Gasteiger partial charge in [0.05, 0.1) is 10.1 Å². The second-order valence-corrected chi connectivity index (χ2v) is 8.65. The van der Waals surface area contributed by atoms with Crippen molar-refractivity contribution in [3.8, 4) is 0 Å². The molecule has 1 aromatic heterocycles. The Hall–Kier alpha value is -1.63. The Labute approximate surface area is 131 Å². The van der Waals surface area contributed by atoms with Crippen molar-refractivity contribution in [1.29, 1.82) is 0 Å². The number of carbonyl (C=O) groups is 1. The van der Waals surface area contributed by atoms with E-state index < -0.39 is 26.8 Å².